The summed E-state index contributed by atoms with van der Waals surface area (Å²) in [5.41, 5.74) is 0. The zero-order valence-electron chi connectivity index (χ0n) is 10.2. The molecule has 3 rings (SSSR count). The molecule has 0 atom stereocenters. The Morgan fingerprint density at radius 3 is 2.80 bits per heavy atom. The van der Waals surface area contributed by atoms with Gasteiger partial charge in [-0.05, 0) is 12.1 Å². The molecule has 0 aliphatic carbocycles. The van der Waals surface area contributed by atoms with Crippen LogP contribution in [0.5, 0.6) is 16.6 Å². The summed E-state index contributed by atoms with van der Waals surface area (Å²) >= 11 is 1.19. The van der Waals surface area contributed by atoms with Gasteiger partial charge in [0.2, 0.25) is 11.9 Å². The van der Waals surface area contributed by atoms with E-state index < -0.39 is 10.0 Å². The fraction of sp³-hybridized carbons (Fsp3) is 0.167. The quantitative estimate of drug-likeness (QED) is 0.852. The van der Waals surface area contributed by atoms with Crippen LogP contribution in [-0.4, -0.2) is 21.9 Å². The summed E-state index contributed by atoms with van der Waals surface area (Å²) in [7, 11) is -3.72. The van der Waals surface area contributed by atoms with E-state index in [1.807, 2.05) is 6.07 Å². The summed E-state index contributed by atoms with van der Waals surface area (Å²) < 4.78 is 42.3. The molecular weight excluding hydrogens is 302 g/mol. The van der Waals surface area contributed by atoms with E-state index >= 15 is 0 Å². The van der Waals surface area contributed by atoms with E-state index in [9.17, 15) is 8.42 Å². The number of hydrogen-bond acceptors (Lipinski definition) is 6. The highest BCUT2D eigenvalue weighted by atomic mass is 32.2. The maximum atomic E-state index is 12.2. The Labute approximate surface area is 120 Å². The second-order valence-electron chi connectivity index (χ2n) is 3.87. The molecule has 2 heterocycles. The zero-order chi connectivity index (χ0) is 14.0. The van der Waals surface area contributed by atoms with E-state index in [0.29, 0.717) is 16.6 Å². The van der Waals surface area contributed by atoms with Crippen molar-refractivity contribution in [3.05, 3.63) is 35.7 Å². The third-order valence-corrected chi connectivity index (χ3v) is 5.01. The molecule has 0 amide bonds. The second kappa shape index (κ2) is 5.31. The molecule has 1 aliphatic rings. The van der Waals surface area contributed by atoms with Gasteiger partial charge in [-0.3, -0.25) is 0 Å². The molecule has 106 valence electrons. The smallest absolute Gasteiger partial charge is 0.251 e. The van der Waals surface area contributed by atoms with Gasteiger partial charge in [-0.25, -0.2) is 8.42 Å². The van der Waals surface area contributed by atoms with Crippen LogP contribution in [0.1, 0.15) is 0 Å². The first kappa shape index (κ1) is 13.2. The summed E-state index contributed by atoms with van der Waals surface area (Å²) in [6.45, 7) is -0.130. The summed E-state index contributed by atoms with van der Waals surface area (Å²) in [6.07, 6.45) is 0. The normalized spacial score (nSPS) is 13.4. The van der Waals surface area contributed by atoms with Crippen LogP contribution in [0.4, 0.5) is 0 Å². The minimum Gasteiger partial charge on any atom is -0.477 e. The molecule has 1 N–H and O–H groups in total. The van der Waals surface area contributed by atoms with Gasteiger partial charge in [0.05, 0.1) is 0 Å². The predicted molar refractivity (Wildman–Crippen MR) is 72.7 cm³/mol. The van der Waals surface area contributed by atoms with Gasteiger partial charge < -0.3 is 14.2 Å². The molecular formula is C12H11NO5S2. The highest BCUT2D eigenvalue weighted by molar-refractivity contribution is 7.89. The number of hydrogen-bond donors (Lipinski definition) is 1. The summed E-state index contributed by atoms with van der Waals surface area (Å²) in [6, 6.07) is 8.94. The molecule has 0 saturated carbocycles. The van der Waals surface area contributed by atoms with Crippen LogP contribution in [0.2, 0.25) is 0 Å². The molecule has 8 heteroatoms. The molecule has 2 bridgehead atoms. The molecule has 0 fully saturated rings. The van der Waals surface area contributed by atoms with Gasteiger partial charge in [0, 0.05) is 5.38 Å². The molecule has 20 heavy (non-hydrogen) atoms. The topological polar surface area (TPSA) is 73.9 Å². The maximum absolute atomic E-state index is 12.2. The summed E-state index contributed by atoms with van der Waals surface area (Å²) in [5.74, 6) is 0.893. The van der Waals surface area contributed by atoms with Crippen molar-refractivity contribution in [2.45, 2.75) is 4.90 Å². The van der Waals surface area contributed by atoms with Gasteiger partial charge in [-0.1, -0.05) is 18.2 Å². The van der Waals surface area contributed by atoms with Crippen molar-refractivity contribution in [3.63, 3.8) is 0 Å². The molecule has 1 aromatic carbocycles. The number of ether oxygens (including phenoxy) is 3. The van der Waals surface area contributed by atoms with Crippen molar-refractivity contribution >= 4 is 21.4 Å². The van der Waals surface area contributed by atoms with E-state index in [2.05, 4.69) is 4.72 Å². The molecule has 2 aromatic rings. The van der Waals surface area contributed by atoms with Crippen LogP contribution in [0, 0.1) is 0 Å². The second-order valence-corrected chi connectivity index (χ2v) is 6.42. The average molecular weight is 313 g/mol. The van der Waals surface area contributed by atoms with E-state index in [-0.39, 0.29) is 18.4 Å². The molecule has 0 unspecified atom stereocenters. The standard InChI is InChI=1S/C12H11NO5S2/c14-20(15,11-10-6-19-12(11)18-8-17-10)13-7-16-9-4-2-1-3-5-9/h1-6,13H,7-8H2. The summed E-state index contributed by atoms with van der Waals surface area (Å²) in [5, 5.41) is 1.94. The molecule has 0 spiro atoms. The first-order valence-electron chi connectivity index (χ1n) is 5.71. The molecule has 0 saturated heterocycles. The van der Waals surface area contributed by atoms with Crippen molar-refractivity contribution in [1.82, 2.24) is 4.72 Å². The molecule has 6 nitrogen and oxygen atoms in total. The largest absolute Gasteiger partial charge is 0.477 e. The van der Waals surface area contributed by atoms with Gasteiger partial charge in [0.25, 0.3) is 10.0 Å². The third-order valence-electron chi connectivity index (χ3n) is 2.59. The van der Waals surface area contributed by atoms with E-state index in [1.165, 1.54) is 11.3 Å². The first-order chi connectivity index (χ1) is 9.67. The Hall–Kier alpha value is -1.77. The van der Waals surface area contributed by atoms with Gasteiger partial charge >= 0.3 is 0 Å². The minimum atomic E-state index is -3.72. The fourth-order valence-corrected chi connectivity index (χ4v) is 3.97. The third kappa shape index (κ3) is 2.58. The Kier molecular flexibility index (Phi) is 3.51. The van der Waals surface area contributed by atoms with Crippen LogP contribution >= 0.6 is 11.3 Å². The number of fused-ring (bicyclic) bond motifs is 2. The van der Waals surface area contributed by atoms with Crippen molar-refractivity contribution < 1.29 is 22.6 Å². The van der Waals surface area contributed by atoms with E-state index in [0.717, 1.165) is 0 Å². The maximum Gasteiger partial charge on any atom is 0.251 e. The Morgan fingerprint density at radius 2 is 2.05 bits per heavy atom. The van der Waals surface area contributed by atoms with Crippen LogP contribution in [0.25, 0.3) is 0 Å². The predicted octanol–water partition coefficient (Wildman–Crippen LogP) is 1.79. The lowest BCUT2D eigenvalue weighted by atomic mass is 10.3. The monoisotopic (exact) mass is 313 g/mol. The van der Waals surface area contributed by atoms with E-state index in [4.69, 9.17) is 14.2 Å². The fourth-order valence-electron chi connectivity index (χ4n) is 1.68. The lowest BCUT2D eigenvalue weighted by molar-refractivity contribution is 0.102. The average Bonchev–Trinajstić information content (AvgIpc) is 2.72. The number of sulfonamides is 1. The lowest BCUT2D eigenvalue weighted by Gasteiger charge is -2.15. The minimum absolute atomic E-state index is 0.0328. The summed E-state index contributed by atoms with van der Waals surface area (Å²) in [4.78, 5) is 0.0328. The van der Waals surface area contributed by atoms with Crippen molar-refractivity contribution in [3.8, 4) is 16.6 Å². The van der Waals surface area contributed by atoms with Crippen LogP contribution in [0.15, 0.2) is 40.6 Å². The number of thiophene rings is 1. The van der Waals surface area contributed by atoms with Crippen molar-refractivity contribution in [1.29, 1.82) is 0 Å². The van der Waals surface area contributed by atoms with Crippen LogP contribution in [-0.2, 0) is 10.0 Å². The first-order valence-corrected chi connectivity index (χ1v) is 8.08. The Balaban J connectivity index is 1.69. The molecule has 0 radical (unpaired) electrons. The lowest BCUT2D eigenvalue weighted by Crippen LogP contribution is -2.29. The highest BCUT2D eigenvalue weighted by Gasteiger charge is 2.30. The highest BCUT2D eigenvalue weighted by Crippen LogP contribution is 2.42. The van der Waals surface area contributed by atoms with Gasteiger partial charge in [0.1, 0.15) is 5.75 Å². The number of rotatable bonds is 5. The van der Waals surface area contributed by atoms with E-state index in [1.54, 1.807) is 29.6 Å². The number of para-hydroxylation sites is 1. The Morgan fingerprint density at radius 1 is 1.25 bits per heavy atom. The SMILES string of the molecule is O=S(=O)(NCOc1ccccc1)c1c2csc1OCO2. The number of benzene rings is 1. The van der Waals surface area contributed by atoms with Crippen molar-refractivity contribution in [2.24, 2.45) is 0 Å². The number of nitrogens with one attached hydrogen (secondary N) is 1. The molecule has 1 aromatic heterocycles. The van der Waals surface area contributed by atoms with Crippen LogP contribution in [0.3, 0.4) is 0 Å². The van der Waals surface area contributed by atoms with Crippen molar-refractivity contribution in [2.75, 3.05) is 13.5 Å². The van der Waals surface area contributed by atoms with Gasteiger partial charge in [-0.15, -0.1) is 11.3 Å². The van der Waals surface area contributed by atoms with Crippen LogP contribution < -0.4 is 18.9 Å². The van der Waals surface area contributed by atoms with Gasteiger partial charge in [-0.2, -0.15) is 4.72 Å². The van der Waals surface area contributed by atoms with Gasteiger partial charge in [0.15, 0.2) is 17.4 Å². The zero-order valence-corrected chi connectivity index (χ0v) is 11.9. The molecule has 1 aliphatic heterocycles. The Bertz CT molecular complexity index is 674.